The molecule has 1 saturated heterocycles. The summed E-state index contributed by atoms with van der Waals surface area (Å²) in [6.07, 6.45) is 0. The summed E-state index contributed by atoms with van der Waals surface area (Å²) in [7, 11) is 0. The predicted octanol–water partition coefficient (Wildman–Crippen LogP) is -0.279. The Hall–Kier alpha value is -1.95. The number of piperazine rings is 1. The van der Waals surface area contributed by atoms with Gasteiger partial charge in [0, 0.05) is 31.4 Å². The molecule has 0 aliphatic carbocycles. The maximum Gasteiger partial charge on any atom is 0.244 e. The van der Waals surface area contributed by atoms with Gasteiger partial charge in [-0.15, -0.1) is 0 Å². The highest BCUT2D eigenvalue weighted by molar-refractivity contribution is 5.87. The molecule has 19 heavy (non-hydrogen) atoms. The van der Waals surface area contributed by atoms with E-state index >= 15 is 0 Å². The summed E-state index contributed by atoms with van der Waals surface area (Å²) >= 11 is 0. The second kappa shape index (κ2) is 4.97. The van der Waals surface area contributed by atoms with Crippen LogP contribution in [0, 0.1) is 0 Å². The van der Waals surface area contributed by atoms with E-state index in [2.05, 4.69) is 5.32 Å². The molecule has 0 saturated carbocycles. The van der Waals surface area contributed by atoms with Crippen molar-refractivity contribution in [1.82, 2.24) is 5.32 Å². The van der Waals surface area contributed by atoms with Gasteiger partial charge in [-0.3, -0.25) is 4.79 Å². The lowest BCUT2D eigenvalue weighted by atomic mass is 10.1. The fourth-order valence-electron chi connectivity index (χ4n) is 2.47. The van der Waals surface area contributed by atoms with Crippen molar-refractivity contribution < 1.29 is 14.3 Å². The third-order valence-electron chi connectivity index (χ3n) is 3.41. The van der Waals surface area contributed by atoms with E-state index in [0.717, 1.165) is 23.7 Å². The molecule has 6 nitrogen and oxygen atoms in total. The Labute approximate surface area is 111 Å². The Bertz CT molecular complexity index is 492. The lowest BCUT2D eigenvalue weighted by Gasteiger charge is -2.36. The number of hydrogen-bond donors (Lipinski definition) is 2. The summed E-state index contributed by atoms with van der Waals surface area (Å²) in [4.78, 5) is 13.8. The summed E-state index contributed by atoms with van der Waals surface area (Å²) in [6.45, 7) is 2.79. The molecule has 1 aromatic carbocycles. The molecule has 0 radical (unpaired) electrons. The quantitative estimate of drug-likeness (QED) is 0.767. The molecule has 1 atom stereocenters. The molecule has 0 spiro atoms. The Morgan fingerprint density at radius 3 is 2.89 bits per heavy atom. The first-order valence-electron chi connectivity index (χ1n) is 6.43. The van der Waals surface area contributed by atoms with Gasteiger partial charge in [0.05, 0.1) is 0 Å². The SMILES string of the molecule is NCC1C(=O)NCCN1c1ccc2c(c1)OCCO2. The van der Waals surface area contributed by atoms with Gasteiger partial charge < -0.3 is 25.4 Å². The predicted molar refractivity (Wildman–Crippen MR) is 70.6 cm³/mol. The van der Waals surface area contributed by atoms with E-state index in [9.17, 15) is 4.79 Å². The number of amides is 1. The summed E-state index contributed by atoms with van der Waals surface area (Å²) in [5, 5.41) is 2.83. The molecule has 2 aliphatic heterocycles. The van der Waals surface area contributed by atoms with E-state index in [1.165, 1.54) is 0 Å². The normalized spacial score (nSPS) is 22.1. The van der Waals surface area contributed by atoms with Crippen molar-refractivity contribution >= 4 is 11.6 Å². The van der Waals surface area contributed by atoms with Crippen molar-refractivity contribution in [2.24, 2.45) is 5.73 Å². The van der Waals surface area contributed by atoms with E-state index in [-0.39, 0.29) is 11.9 Å². The fourth-order valence-corrected chi connectivity index (χ4v) is 2.47. The molecular formula is C13H17N3O3. The van der Waals surface area contributed by atoms with E-state index in [1.54, 1.807) is 0 Å². The number of ether oxygens (including phenoxy) is 2. The average molecular weight is 263 g/mol. The van der Waals surface area contributed by atoms with Gasteiger partial charge in [-0.1, -0.05) is 0 Å². The molecule has 3 N–H and O–H groups in total. The van der Waals surface area contributed by atoms with Gasteiger partial charge in [-0.25, -0.2) is 0 Å². The van der Waals surface area contributed by atoms with Gasteiger partial charge in [0.25, 0.3) is 0 Å². The van der Waals surface area contributed by atoms with Crippen molar-refractivity contribution in [3.8, 4) is 11.5 Å². The molecule has 0 bridgehead atoms. The van der Waals surface area contributed by atoms with Crippen LogP contribution in [0.15, 0.2) is 18.2 Å². The number of hydrogen-bond acceptors (Lipinski definition) is 5. The number of fused-ring (bicyclic) bond motifs is 1. The lowest BCUT2D eigenvalue weighted by Crippen LogP contribution is -2.58. The van der Waals surface area contributed by atoms with Crippen LogP contribution in [-0.2, 0) is 4.79 Å². The topological polar surface area (TPSA) is 76.8 Å². The Kier molecular flexibility index (Phi) is 3.16. The van der Waals surface area contributed by atoms with E-state index < -0.39 is 0 Å². The third kappa shape index (κ3) is 2.19. The highest BCUT2D eigenvalue weighted by Gasteiger charge is 2.29. The van der Waals surface area contributed by atoms with Gasteiger partial charge in [0.15, 0.2) is 11.5 Å². The number of carbonyl (C=O) groups excluding carboxylic acids is 1. The number of nitrogens with one attached hydrogen (secondary N) is 1. The van der Waals surface area contributed by atoms with Crippen molar-refractivity contribution in [3.63, 3.8) is 0 Å². The minimum absolute atomic E-state index is 0.0244. The number of nitrogens with two attached hydrogens (primary N) is 1. The summed E-state index contributed by atoms with van der Waals surface area (Å²) < 4.78 is 11.1. The van der Waals surface area contributed by atoms with Crippen LogP contribution in [0.25, 0.3) is 0 Å². The van der Waals surface area contributed by atoms with Crippen LogP contribution >= 0.6 is 0 Å². The van der Waals surface area contributed by atoms with Gasteiger partial charge in [-0.2, -0.15) is 0 Å². The minimum atomic E-state index is -0.323. The van der Waals surface area contributed by atoms with Crippen molar-refractivity contribution in [2.75, 3.05) is 37.7 Å². The number of anilines is 1. The Morgan fingerprint density at radius 1 is 1.32 bits per heavy atom. The molecule has 2 heterocycles. The van der Waals surface area contributed by atoms with Crippen LogP contribution < -0.4 is 25.4 Å². The van der Waals surface area contributed by atoms with E-state index in [0.29, 0.717) is 26.3 Å². The second-order valence-electron chi connectivity index (χ2n) is 4.56. The molecule has 1 amide bonds. The van der Waals surface area contributed by atoms with Gasteiger partial charge in [0.2, 0.25) is 5.91 Å². The van der Waals surface area contributed by atoms with Crippen molar-refractivity contribution in [3.05, 3.63) is 18.2 Å². The second-order valence-corrected chi connectivity index (χ2v) is 4.56. The van der Waals surface area contributed by atoms with Crippen LogP contribution in [0.3, 0.4) is 0 Å². The first-order valence-corrected chi connectivity index (χ1v) is 6.43. The summed E-state index contributed by atoms with van der Waals surface area (Å²) in [6, 6.07) is 5.41. The zero-order valence-electron chi connectivity index (χ0n) is 10.6. The zero-order chi connectivity index (χ0) is 13.2. The monoisotopic (exact) mass is 263 g/mol. The van der Waals surface area contributed by atoms with Crippen LogP contribution in [0.4, 0.5) is 5.69 Å². The van der Waals surface area contributed by atoms with Crippen molar-refractivity contribution in [1.29, 1.82) is 0 Å². The first kappa shape index (κ1) is 12.1. The minimum Gasteiger partial charge on any atom is -0.486 e. The standard InChI is InChI=1S/C13H17N3O3/c14-8-10-13(17)15-3-4-16(10)9-1-2-11-12(7-9)19-6-5-18-11/h1-2,7,10H,3-6,8,14H2,(H,15,17). The first-order chi connectivity index (χ1) is 9.29. The largest absolute Gasteiger partial charge is 0.486 e. The molecule has 3 rings (SSSR count). The lowest BCUT2D eigenvalue weighted by molar-refractivity contribution is -0.123. The van der Waals surface area contributed by atoms with Crippen LogP contribution in [0.1, 0.15) is 0 Å². The number of carbonyl (C=O) groups is 1. The van der Waals surface area contributed by atoms with Gasteiger partial charge in [0.1, 0.15) is 19.3 Å². The molecule has 102 valence electrons. The Morgan fingerprint density at radius 2 is 2.11 bits per heavy atom. The molecule has 0 aromatic heterocycles. The third-order valence-corrected chi connectivity index (χ3v) is 3.41. The summed E-state index contributed by atoms with van der Waals surface area (Å²) in [5.41, 5.74) is 6.64. The fraction of sp³-hybridized carbons (Fsp3) is 0.462. The molecule has 1 aromatic rings. The Balaban J connectivity index is 1.90. The number of rotatable bonds is 2. The highest BCUT2D eigenvalue weighted by Crippen LogP contribution is 2.34. The molecule has 1 fully saturated rings. The molecule has 2 aliphatic rings. The smallest absolute Gasteiger partial charge is 0.244 e. The number of benzene rings is 1. The number of nitrogens with zero attached hydrogens (tertiary/aromatic N) is 1. The molecular weight excluding hydrogens is 246 g/mol. The average Bonchev–Trinajstić information content (AvgIpc) is 2.46. The maximum atomic E-state index is 11.8. The summed E-state index contributed by atoms with van der Waals surface area (Å²) in [5.74, 6) is 1.45. The zero-order valence-corrected chi connectivity index (χ0v) is 10.6. The van der Waals surface area contributed by atoms with Crippen LogP contribution in [0.2, 0.25) is 0 Å². The van der Waals surface area contributed by atoms with E-state index in [4.69, 9.17) is 15.2 Å². The van der Waals surface area contributed by atoms with Gasteiger partial charge >= 0.3 is 0 Å². The van der Waals surface area contributed by atoms with Crippen LogP contribution in [0.5, 0.6) is 11.5 Å². The van der Waals surface area contributed by atoms with E-state index in [1.807, 2.05) is 23.1 Å². The molecule has 6 heteroatoms. The van der Waals surface area contributed by atoms with Crippen LogP contribution in [-0.4, -0.2) is 44.8 Å². The highest BCUT2D eigenvalue weighted by atomic mass is 16.6. The maximum absolute atomic E-state index is 11.8. The van der Waals surface area contributed by atoms with Gasteiger partial charge in [-0.05, 0) is 12.1 Å². The van der Waals surface area contributed by atoms with Crippen molar-refractivity contribution in [2.45, 2.75) is 6.04 Å². The molecule has 1 unspecified atom stereocenters.